The minimum Gasteiger partial charge on any atom is -0.368 e. The van der Waals surface area contributed by atoms with Gasteiger partial charge in [0.1, 0.15) is 6.10 Å². The molecule has 1 nitrogen and oxygen atoms in total. The fourth-order valence-corrected chi connectivity index (χ4v) is 1.32. The Morgan fingerprint density at radius 2 is 2.00 bits per heavy atom. The number of halogens is 3. The second kappa shape index (κ2) is 2.78. The molecule has 1 atom stereocenters. The minimum absolute atomic E-state index is 0.143. The van der Waals surface area contributed by atoms with Crippen molar-refractivity contribution in [1.82, 2.24) is 0 Å². The van der Waals surface area contributed by atoms with Gasteiger partial charge in [0.05, 0.1) is 11.1 Å². The van der Waals surface area contributed by atoms with E-state index in [1.165, 1.54) is 12.1 Å². The fraction of sp³-hybridized carbons (Fsp3) is 0.250. The summed E-state index contributed by atoms with van der Waals surface area (Å²) in [6, 6.07) is 3.01. The summed E-state index contributed by atoms with van der Waals surface area (Å²) >= 11 is 2.89. The lowest BCUT2D eigenvalue weighted by Gasteiger charge is -2.00. The summed E-state index contributed by atoms with van der Waals surface area (Å²) in [5, 5.41) is 0. The molecular formula is C8H5BrF2O. The van der Waals surface area contributed by atoms with E-state index < -0.39 is 11.6 Å². The lowest BCUT2D eigenvalue weighted by molar-refractivity contribution is 0.401. The Kier molecular flexibility index (Phi) is 1.88. The van der Waals surface area contributed by atoms with Crippen LogP contribution in [0.25, 0.3) is 0 Å². The van der Waals surface area contributed by atoms with Gasteiger partial charge in [-0.2, -0.15) is 0 Å². The molecule has 1 aliphatic rings. The van der Waals surface area contributed by atoms with Gasteiger partial charge in [-0.25, -0.2) is 8.78 Å². The highest BCUT2D eigenvalue weighted by Crippen LogP contribution is 2.34. The summed E-state index contributed by atoms with van der Waals surface area (Å²) in [6.45, 7) is 0.484. The van der Waals surface area contributed by atoms with Gasteiger partial charge in [-0.1, -0.05) is 6.07 Å². The quantitative estimate of drug-likeness (QED) is 0.538. The maximum absolute atomic E-state index is 13.1. The molecule has 0 amide bonds. The van der Waals surface area contributed by atoms with Gasteiger partial charge in [-0.05, 0) is 22.0 Å². The first-order chi connectivity index (χ1) is 5.70. The van der Waals surface area contributed by atoms with Gasteiger partial charge in [0.2, 0.25) is 0 Å². The number of epoxide rings is 1. The number of ether oxygens (including phenoxy) is 1. The standard InChI is InChI=1S/C8H5BrF2O/c9-5-2-1-4(6-3-12-6)7(10)8(5)11/h1-2,6H,3H2/t6-/m0/s1. The largest absolute Gasteiger partial charge is 0.368 e. The van der Waals surface area contributed by atoms with E-state index in [2.05, 4.69) is 15.9 Å². The van der Waals surface area contributed by atoms with Crippen LogP contribution in [0.4, 0.5) is 8.78 Å². The van der Waals surface area contributed by atoms with Gasteiger partial charge < -0.3 is 4.74 Å². The highest BCUT2D eigenvalue weighted by atomic mass is 79.9. The van der Waals surface area contributed by atoms with Crippen molar-refractivity contribution >= 4 is 15.9 Å². The molecule has 1 saturated heterocycles. The van der Waals surface area contributed by atoms with Gasteiger partial charge in [0, 0.05) is 5.56 Å². The van der Waals surface area contributed by atoms with E-state index in [9.17, 15) is 8.78 Å². The average molecular weight is 235 g/mol. The van der Waals surface area contributed by atoms with E-state index in [1.807, 2.05) is 0 Å². The Morgan fingerprint density at radius 3 is 2.58 bits per heavy atom. The number of benzene rings is 1. The molecule has 0 radical (unpaired) electrons. The van der Waals surface area contributed by atoms with E-state index in [1.54, 1.807) is 0 Å². The molecule has 0 spiro atoms. The van der Waals surface area contributed by atoms with E-state index >= 15 is 0 Å². The molecule has 0 N–H and O–H groups in total. The Balaban J connectivity index is 2.49. The van der Waals surface area contributed by atoms with Crippen molar-refractivity contribution < 1.29 is 13.5 Å². The molecule has 1 heterocycles. The van der Waals surface area contributed by atoms with Crippen LogP contribution in [0.15, 0.2) is 16.6 Å². The van der Waals surface area contributed by atoms with Crippen LogP contribution in [0.3, 0.4) is 0 Å². The topological polar surface area (TPSA) is 12.5 Å². The van der Waals surface area contributed by atoms with Gasteiger partial charge in [-0.15, -0.1) is 0 Å². The smallest absolute Gasteiger partial charge is 0.173 e. The van der Waals surface area contributed by atoms with Crippen molar-refractivity contribution in [3.63, 3.8) is 0 Å². The molecule has 0 saturated carbocycles. The van der Waals surface area contributed by atoms with Crippen molar-refractivity contribution in [2.24, 2.45) is 0 Å². The molecule has 1 aromatic carbocycles. The van der Waals surface area contributed by atoms with Gasteiger partial charge in [0.25, 0.3) is 0 Å². The Hall–Kier alpha value is -0.480. The molecule has 0 unspecified atom stereocenters. The van der Waals surface area contributed by atoms with Crippen LogP contribution in [0.2, 0.25) is 0 Å². The average Bonchev–Trinajstić information content (AvgIpc) is 2.84. The van der Waals surface area contributed by atoms with Crippen molar-refractivity contribution in [2.45, 2.75) is 6.10 Å². The molecular weight excluding hydrogens is 230 g/mol. The first-order valence-corrected chi connectivity index (χ1v) is 4.24. The molecule has 1 aromatic rings. The molecule has 0 aliphatic carbocycles. The highest BCUT2D eigenvalue weighted by Gasteiger charge is 2.29. The molecule has 1 fully saturated rings. The van der Waals surface area contributed by atoms with E-state index in [-0.39, 0.29) is 10.6 Å². The monoisotopic (exact) mass is 234 g/mol. The molecule has 0 bridgehead atoms. The number of hydrogen-bond acceptors (Lipinski definition) is 1. The van der Waals surface area contributed by atoms with Crippen LogP contribution in [0, 0.1) is 11.6 Å². The van der Waals surface area contributed by atoms with Crippen LogP contribution in [-0.4, -0.2) is 6.61 Å². The maximum atomic E-state index is 13.1. The van der Waals surface area contributed by atoms with E-state index in [0.29, 0.717) is 12.2 Å². The molecule has 4 heteroatoms. The zero-order valence-corrected chi connectivity index (χ0v) is 7.57. The summed E-state index contributed by atoms with van der Waals surface area (Å²) in [6.07, 6.45) is -0.243. The van der Waals surface area contributed by atoms with Crippen molar-refractivity contribution in [3.8, 4) is 0 Å². The van der Waals surface area contributed by atoms with Crippen LogP contribution in [-0.2, 0) is 4.74 Å². The predicted molar refractivity (Wildman–Crippen MR) is 42.8 cm³/mol. The summed E-state index contributed by atoms with van der Waals surface area (Å²) in [7, 11) is 0. The third-order valence-corrected chi connectivity index (χ3v) is 2.36. The molecule has 1 aliphatic heterocycles. The molecule has 64 valence electrons. The number of rotatable bonds is 1. The van der Waals surface area contributed by atoms with Crippen LogP contribution in [0.5, 0.6) is 0 Å². The third kappa shape index (κ3) is 1.25. The summed E-state index contributed by atoms with van der Waals surface area (Å²) < 4.78 is 31.0. The first kappa shape index (κ1) is 8.13. The summed E-state index contributed by atoms with van der Waals surface area (Å²) in [5.74, 6) is -1.66. The van der Waals surface area contributed by atoms with Gasteiger partial charge in [0.15, 0.2) is 11.6 Å². The van der Waals surface area contributed by atoms with Crippen LogP contribution in [0.1, 0.15) is 11.7 Å². The summed E-state index contributed by atoms with van der Waals surface area (Å²) in [5.41, 5.74) is 0.302. The zero-order chi connectivity index (χ0) is 8.72. The summed E-state index contributed by atoms with van der Waals surface area (Å²) in [4.78, 5) is 0. The van der Waals surface area contributed by atoms with E-state index in [0.717, 1.165) is 0 Å². The van der Waals surface area contributed by atoms with Gasteiger partial charge >= 0.3 is 0 Å². The molecule has 2 rings (SSSR count). The lowest BCUT2D eigenvalue weighted by atomic mass is 10.1. The van der Waals surface area contributed by atoms with Crippen molar-refractivity contribution in [3.05, 3.63) is 33.8 Å². The van der Waals surface area contributed by atoms with Crippen LogP contribution >= 0.6 is 15.9 Å². The Labute approximate surface area is 76.5 Å². The first-order valence-electron chi connectivity index (χ1n) is 3.45. The molecule has 12 heavy (non-hydrogen) atoms. The molecule has 0 aromatic heterocycles. The normalized spacial score (nSPS) is 21.1. The SMILES string of the molecule is Fc1c(Br)ccc([C@@H]2CO2)c1F. The maximum Gasteiger partial charge on any atom is 0.173 e. The van der Waals surface area contributed by atoms with Crippen molar-refractivity contribution in [1.29, 1.82) is 0 Å². The second-order valence-electron chi connectivity index (χ2n) is 2.59. The van der Waals surface area contributed by atoms with E-state index in [4.69, 9.17) is 4.74 Å². The lowest BCUT2D eigenvalue weighted by Crippen LogP contribution is -1.93. The minimum atomic E-state index is -0.844. The third-order valence-electron chi connectivity index (χ3n) is 1.75. The Bertz CT molecular complexity index is 323. The number of hydrogen-bond donors (Lipinski definition) is 0. The van der Waals surface area contributed by atoms with Crippen LogP contribution < -0.4 is 0 Å². The predicted octanol–water partition coefficient (Wildman–Crippen LogP) is 2.80. The van der Waals surface area contributed by atoms with Gasteiger partial charge in [-0.3, -0.25) is 0 Å². The zero-order valence-electron chi connectivity index (χ0n) is 5.98. The fourth-order valence-electron chi connectivity index (χ4n) is 1.02. The second-order valence-corrected chi connectivity index (χ2v) is 3.44. The Morgan fingerprint density at radius 1 is 1.33 bits per heavy atom. The highest BCUT2D eigenvalue weighted by molar-refractivity contribution is 9.10. The van der Waals surface area contributed by atoms with Crippen molar-refractivity contribution in [2.75, 3.05) is 6.61 Å².